The minimum Gasteiger partial charge on any atom is -0.462 e. The van der Waals surface area contributed by atoms with E-state index in [0.717, 1.165) is 109 Å². The van der Waals surface area contributed by atoms with Crippen molar-refractivity contribution in [2.75, 3.05) is 13.2 Å². The van der Waals surface area contributed by atoms with Crippen LogP contribution in [0.2, 0.25) is 0 Å². The van der Waals surface area contributed by atoms with E-state index in [-0.39, 0.29) is 31.1 Å². The van der Waals surface area contributed by atoms with E-state index in [1.54, 1.807) is 0 Å². The molecule has 0 aromatic carbocycles. The normalized spacial score (nSPS) is 12.5. The molecule has 0 rings (SSSR count). The van der Waals surface area contributed by atoms with E-state index in [9.17, 15) is 14.4 Å². The van der Waals surface area contributed by atoms with Crippen LogP contribution in [0.25, 0.3) is 0 Å². The van der Waals surface area contributed by atoms with Crippen LogP contribution in [0.15, 0.2) is 60.8 Å². The number of rotatable bonds is 42. The first-order valence-corrected chi connectivity index (χ1v) is 23.8. The summed E-state index contributed by atoms with van der Waals surface area (Å²) >= 11 is 0. The van der Waals surface area contributed by atoms with Crippen LogP contribution in [0.4, 0.5) is 0 Å². The maximum absolute atomic E-state index is 12.7. The molecule has 0 N–H and O–H groups in total. The summed E-state index contributed by atoms with van der Waals surface area (Å²) in [6, 6.07) is 0. The van der Waals surface area contributed by atoms with Crippen molar-refractivity contribution >= 4 is 17.9 Å². The predicted octanol–water partition coefficient (Wildman–Crippen LogP) is 15.3. The van der Waals surface area contributed by atoms with Crippen molar-refractivity contribution in [1.29, 1.82) is 0 Å². The lowest BCUT2D eigenvalue weighted by molar-refractivity contribution is -0.167. The Labute approximate surface area is 351 Å². The molecule has 57 heavy (non-hydrogen) atoms. The van der Waals surface area contributed by atoms with Crippen LogP contribution >= 0.6 is 0 Å². The lowest BCUT2D eigenvalue weighted by Crippen LogP contribution is -2.30. The van der Waals surface area contributed by atoms with Gasteiger partial charge in [-0.25, -0.2) is 0 Å². The fraction of sp³-hybridized carbons (Fsp3) is 0.745. The summed E-state index contributed by atoms with van der Waals surface area (Å²) in [5.74, 6) is -0.904. The molecule has 0 aromatic heterocycles. The smallest absolute Gasteiger partial charge is 0.306 e. The number of ether oxygens (including phenoxy) is 3. The average molecular weight is 797 g/mol. The number of hydrogen-bond donors (Lipinski definition) is 0. The molecule has 0 amide bonds. The Bertz CT molecular complexity index is 1050. The van der Waals surface area contributed by atoms with E-state index in [1.807, 2.05) is 0 Å². The van der Waals surface area contributed by atoms with Gasteiger partial charge in [0.1, 0.15) is 13.2 Å². The minimum absolute atomic E-state index is 0.0784. The molecular weight excluding hydrogens is 709 g/mol. The number of carbonyl (C=O) groups excluding carboxylic acids is 3. The van der Waals surface area contributed by atoms with Crippen LogP contribution in [-0.2, 0) is 28.6 Å². The maximum atomic E-state index is 12.7. The van der Waals surface area contributed by atoms with Crippen LogP contribution in [0.1, 0.15) is 226 Å². The first-order valence-electron chi connectivity index (χ1n) is 23.8. The molecule has 0 fully saturated rings. The lowest BCUT2D eigenvalue weighted by Gasteiger charge is -2.18. The van der Waals surface area contributed by atoms with Crippen molar-refractivity contribution in [1.82, 2.24) is 0 Å². The van der Waals surface area contributed by atoms with Gasteiger partial charge in [-0.2, -0.15) is 0 Å². The zero-order valence-corrected chi connectivity index (χ0v) is 37.3. The molecule has 0 spiro atoms. The van der Waals surface area contributed by atoms with Crippen LogP contribution in [0.3, 0.4) is 0 Å². The molecule has 0 aromatic rings. The molecule has 0 saturated carbocycles. The Morgan fingerprint density at radius 2 is 0.684 bits per heavy atom. The molecule has 0 aliphatic carbocycles. The summed E-state index contributed by atoms with van der Waals surface area (Å²) in [6.45, 7) is 6.46. The molecule has 0 saturated heterocycles. The Morgan fingerprint density at radius 3 is 1.07 bits per heavy atom. The maximum Gasteiger partial charge on any atom is 0.306 e. The molecule has 0 radical (unpaired) electrons. The summed E-state index contributed by atoms with van der Waals surface area (Å²) in [7, 11) is 0. The monoisotopic (exact) mass is 797 g/mol. The topological polar surface area (TPSA) is 78.9 Å². The van der Waals surface area contributed by atoms with Crippen LogP contribution in [0, 0.1) is 0 Å². The van der Waals surface area contributed by atoms with Crippen LogP contribution in [-0.4, -0.2) is 37.2 Å². The molecule has 0 bridgehead atoms. The van der Waals surface area contributed by atoms with Gasteiger partial charge in [-0.3, -0.25) is 14.4 Å². The fourth-order valence-electron chi connectivity index (χ4n) is 6.47. The lowest BCUT2D eigenvalue weighted by atomic mass is 10.1. The van der Waals surface area contributed by atoms with E-state index in [1.165, 1.54) is 77.0 Å². The van der Waals surface area contributed by atoms with Crippen LogP contribution < -0.4 is 0 Å². The number of hydrogen-bond acceptors (Lipinski definition) is 6. The summed E-state index contributed by atoms with van der Waals surface area (Å²) in [5.41, 5.74) is 0. The van der Waals surface area contributed by atoms with Gasteiger partial charge in [0, 0.05) is 19.3 Å². The Balaban J connectivity index is 4.28. The van der Waals surface area contributed by atoms with Crippen molar-refractivity contribution in [2.24, 2.45) is 0 Å². The molecule has 1 atom stereocenters. The molecular formula is C51H88O6. The van der Waals surface area contributed by atoms with Gasteiger partial charge in [0.25, 0.3) is 0 Å². The van der Waals surface area contributed by atoms with E-state index >= 15 is 0 Å². The van der Waals surface area contributed by atoms with Gasteiger partial charge in [-0.05, 0) is 64.2 Å². The molecule has 0 heterocycles. The van der Waals surface area contributed by atoms with Gasteiger partial charge >= 0.3 is 17.9 Å². The van der Waals surface area contributed by atoms with Crippen molar-refractivity contribution in [3.8, 4) is 0 Å². The highest BCUT2D eigenvalue weighted by Crippen LogP contribution is 2.14. The summed E-state index contributed by atoms with van der Waals surface area (Å²) in [5, 5.41) is 0. The van der Waals surface area contributed by atoms with Crippen LogP contribution in [0.5, 0.6) is 0 Å². The van der Waals surface area contributed by atoms with Gasteiger partial charge in [0.05, 0.1) is 0 Å². The van der Waals surface area contributed by atoms with E-state index in [0.29, 0.717) is 19.3 Å². The third kappa shape index (κ3) is 44.1. The summed E-state index contributed by atoms with van der Waals surface area (Å²) in [4.78, 5) is 37.7. The zero-order chi connectivity index (χ0) is 41.5. The third-order valence-corrected chi connectivity index (χ3v) is 10.0. The average Bonchev–Trinajstić information content (AvgIpc) is 3.21. The van der Waals surface area contributed by atoms with E-state index < -0.39 is 6.10 Å². The number of esters is 3. The SMILES string of the molecule is CC/C=C\C/C=C\C/C=C\C/C=C\C/C=C\CCCCCCCC(=O)OCC(COC(=O)CCCCCCCCCCC)OC(=O)CCCCCCCCCCC. The second-order valence-corrected chi connectivity index (χ2v) is 15.6. The van der Waals surface area contributed by atoms with Crippen molar-refractivity contribution in [3.05, 3.63) is 60.8 Å². The first-order chi connectivity index (χ1) is 28.0. The Morgan fingerprint density at radius 1 is 0.368 bits per heavy atom. The largest absolute Gasteiger partial charge is 0.462 e. The van der Waals surface area contributed by atoms with Crippen molar-refractivity contribution in [2.45, 2.75) is 232 Å². The van der Waals surface area contributed by atoms with Gasteiger partial charge in [0.15, 0.2) is 6.10 Å². The molecule has 328 valence electrons. The number of carbonyl (C=O) groups is 3. The molecule has 1 unspecified atom stereocenters. The van der Waals surface area contributed by atoms with Crippen molar-refractivity contribution in [3.63, 3.8) is 0 Å². The molecule has 6 heteroatoms. The first kappa shape index (κ1) is 54.1. The zero-order valence-electron chi connectivity index (χ0n) is 37.3. The van der Waals surface area contributed by atoms with Gasteiger partial charge < -0.3 is 14.2 Å². The molecule has 0 aliphatic rings. The fourth-order valence-corrected chi connectivity index (χ4v) is 6.47. The van der Waals surface area contributed by atoms with E-state index in [2.05, 4.69) is 81.5 Å². The van der Waals surface area contributed by atoms with E-state index in [4.69, 9.17) is 14.2 Å². The second kappa shape index (κ2) is 45.8. The highest BCUT2D eigenvalue weighted by molar-refractivity contribution is 5.71. The highest BCUT2D eigenvalue weighted by Gasteiger charge is 2.19. The highest BCUT2D eigenvalue weighted by atomic mass is 16.6. The Kier molecular flexibility index (Phi) is 43.5. The predicted molar refractivity (Wildman–Crippen MR) is 242 cm³/mol. The molecule has 0 aliphatic heterocycles. The second-order valence-electron chi connectivity index (χ2n) is 15.6. The van der Waals surface area contributed by atoms with Gasteiger partial charge in [-0.15, -0.1) is 0 Å². The van der Waals surface area contributed by atoms with Gasteiger partial charge in [0.2, 0.25) is 0 Å². The number of unbranched alkanes of at least 4 members (excludes halogenated alkanes) is 21. The van der Waals surface area contributed by atoms with Crippen molar-refractivity contribution < 1.29 is 28.6 Å². The molecule has 6 nitrogen and oxygen atoms in total. The van der Waals surface area contributed by atoms with Gasteiger partial charge in [-0.1, -0.05) is 204 Å². The minimum atomic E-state index is -0.775. The summed E-state index contributed by atoms with van der Waals surface area (Å²) in [6.07, 6.45) is 55.0. The summed E-state index contributed by atoms with van der Waals surface area (Å²) < 4.78 is 16.7. The standard InChI is InChI=1S/C51H88O6/c1-4-7-10-13-16-19-20-21-22-23-24-25-26-27-28-29-30-33-35-38-41-44-50(53)56-47-48(57-51(54)45-42-39-36-32-18-15-12-9-6-3)46-55-49(52)43-40-37-34-31-17-14-11-8-5-2/h7,10,16,19,21-22,24-25,27-28,48H,4-6,8-9,11-15,17-18,20,23,26,29-47H2,1-3H3/b10-7-,19-16-,22-21-,25-24-,28-27-. The number of allylic oxidation sites excluding steroid dienone is 10. The third-order valence-electron chi connectivity index (χ3n) is 10.0. The Hall–Kier alpha value is -2.89. The quantitative estimate of drug-likeness (QED) is 0.0265.